The van der Waals surface area contributed by atoms with E-state index in [0.29, 0.717) is 29.2 Å². The fourth-order valence-corrected chi connectivity index (χ4v) is 2.16. The van der Waals surface area contributed by atoms with Crippen LogP contribution in [-0.2, 0) is 17.8 Å². The van der Waals surface area contributed by atoms with Gasteiger partial charge in [-0.25, -0.2) is 4.39 Å². The van der Waals surface area contributed by atoms with Crippen molar-refractivity contribution in [2.75, 3.05) is 7.11 Å². The topological polar surface area (TPSA) is 117 Å². The number of ether oxygens (including phenoxy) is 1. The quantitative estimate of drug-likeness (QED) is 0.517. The molecule has 6 N–H and O–H groups in total. The highest BCUT2D eigenvalue weighted by Crippen LogP contribution is 2.16. The second-order valence-electron chi connectivity index (χ2n) is 5.24. The smallest absolute Gasteiger partial charge is 0.128 e. The third-order valence-corrected chi connectivity index (χ3v) is 3.27. The van der Waals surface area contributed by atoms with E-state index in [-0.39, 0.29) is 18.2 Å². The number of rotatable bonds is 7. The monoisotopic (exact) mass is 344 g/mol. The fraction of sp³-hybridized carbons (Fsp3) is 0.176. The molecule has 1 aromatic heterocycles. The predicted molar refractivity (Wildman–Crippen MR) is 95.6 cm³/mol. The summed E-state index contributed by atoms with van der Waals surface area (Å²) >= 11 is 0. The Morgan fingerprint density at radius 2 is 2.08 bits per heavy atom. The molecule has 2 aromatic rings. The van der Waals surface area contributed by atoms with Crippen LogP contribution in [0.25, 0.3) is 5.70 Å². The molecular formula is C17H21FN6O. The molecule has 0 saturated carbocycles. The van der Waals surface area contributed by atoms with Crippen LogP contribution in [0.15, 0.2) is 53.5 Å². The van der Waals surface area contributed by atoms with Gasteiger partial charge in [0.2, 0.25) is 0 Å². The Morgan fingerprint density at radius 3 is 2.76 bits per heavy atom. The standard InChI is InChI=1S/C17H21FN6O/c1-25-11-15(19)16-8-13(9-22-7-6-17(20)21)23-24(16)10-12-4-2-3-5-14(12)18/h2-8,11H,9-10,19-21H2,1H3/b15-11-,22-7-. The summed E-state index contributed by atoms with van der Waals surface area (Å²) in [6, 6.07) is 8.29. The lowest BCUT2D eigenvalue weighted by molar-refractivity contribution is 0.339. The highest BCUT2D eigenvalue weighted by molar-refractivity contribution is 5.71. The first-order chi connectivity index (χ1) is 12.0. The van der Waals surface area contributed by atoms with Crippen LogP contribution in [0.2, 0.25) is 0 Å². The minimum atomic E-state index is -0.304. The van der Waals surface area contributed by atoms with Crippen LogP contribution in [0, 0.1) is 5.82 Å². The van der Waals surface area contributed by atoms with Gasteiger partial charge in [0, 0.05) is 11.8 Å². The average Bonchev–Trinajstić information content (AvgIpc) is 2.97. The first-order valence-electron chi connectivity index (χ1n) is 7.51. The molecule has 25 heavy (non-hydrogen) atoms. The van der Waals surface area contributed by atoms with Crippen molar-refractivity contribution in [2.45, 2.75) is 13.1 Å². The van der Waals surface area contributed by atoms with Crippen LogP contribution in [0.1, 0.15) is 17.0 Å². The summed E-state index contributed by atoms with van der Waals surface area (Å²) < 4.78 is 20.5. The van der Waals surface area contributed by atoms with Gasteiger partial charge in [-0.1, -0.05) is 18.2 Å². The van der Waals surface area contributed by atoms with E-state index in [1.807, 2.05) is 0 Å². The summed E-state index contributed by atoms with van der Waals surface area (Å²) in [5.74, 6) is -0.136. The number of allylic oxidation sites excluding steroid dienone is 1. The van der Waals surface area contributed by atoms with Crippen molar-refractivity contribution in [3.05, 3.63) is 71.3 Å². The molecule has 1 heterocycles. The lowest BCUT2D eigenvalue weighted by atomic mass is 10.2. The zero-order valence-corrected chi connectivity index (χ0v) is 13.9. The molecule has 0 saturated heterocycles. The maximum atomic E-state index is 13.9. The number of benzene rings is 1. The molecule has 0 atom stereocenters. The van der Waals surface area contributed by atoms with Gasteiger partial charge in [-0.05, 0) is 18.2 Å². The van der Waals surface area contributed by atoms with E-state index in [2.05, 4.69) is 10.1 Å². The fourth-order valence-electron chi connectivity index (χ4n) is 2.16. The molecule has 0 aliphatic heterocycles. The van der Waals surface area contributed by atoms with E-state index < -0.39 is 0 Å². The van der Waals surface area contributed by atoms with Gasteiger partial charge < -0.3 is 21.9 Å². The Labute approximate surface area is 145 Å². The first kappa shape index (κ1) is 18.1. The highest BCUT2D eigenvalue weighted by Gasteiger charge is 2.12. The summed E-state index contributed by atoms with van der Waals surface area (Å²) in [6.07, 6.45) is 4.38. The zero-order valence-electron chi connectivity index (χ0n) is 13.9. The molecule has 2 rings (SSSR count). The number of aromatic nitrogens is 2. The second-order valence-corrected chi connectivity index (χ2v) is 5.24. The number of halogens is 1. The Kier molecular flexibility index (Phi) is 6.16. The van der Waals surface area contributed by atoms with Gasteiger partial charge in [-0.2, -0.15) is 5.10 Å². The molecule has 0 aliphatic carbocycles. The van der Waals surface area contributed by atoms with Gasteiger partial charge in [0.15, 0.2) is 0 Å². The molecule has 0 amide bonds. The minimum absolute atomic E-state index is 0.168. The summed E-state index contributed by atoms with van der Waals surface area (Å²) in [6.45, 7) is 0.543. The third-order valence-electron chi connectivity index (χ3n) is 3.27. The Hall–Kier alpha value is -3.29. The van der Waals surface area contributed by atoms with Gasteiger partial charge in [-0.15, -0.1) is 0 Å². The van der Waals surface area contributed by atoms with Crippen molar-refractivity contribution >= 4 is 11.9 Å². The maximum Gasteiger partial charge on any atom is 0.128 e. The first-order valence-corrected chi connectivity index (χ1v) is 7.51. The van der Waals surface area contributed by atoms with Crippen LogP contribution in [-0.4, -0.2) is 23.1 Å². The number of nitrogens with two attached hydrogens (primary N) is 3. The summed E-state index contributed by atoms with van der Waals surface area (Å²) in [7, 11) is 1.50. The van der Waals surface area contributed by atoms with Gasteiger partial charge in [0.25, 0.3) is 0 Å². The Morgan fingerprint density at radius 1 is 1.32 bits per heavy atom. The number of hydrogen-bond donors (Lipinski definition) is 3. The van der Waals surface area contributed by atoms with Crippen LogP contribution >= 0.6 is 0 Å². The normalized spacial score (nSPS) is 11.7. The minimum Gasteiger partial charge on any atom is -0.502 e. The van der Waals surface area contributed by atoms with Gasteiger partial charge in [-0.3, -0.25) is 9.67 Å². The third kappa shape index (κ3) is 5.10. The zero-order chi connectivity index (χ0) is 18.2. The predicted octanol–water partition coefficient (Wildman–Crippen LogP) is 1.30. The molecule has 0 fully saturated rings. The highest BCUT2D eigenvalue weighted by atomic mass is 19.1. The molecule has 0 radical (unpaired) electrons. The van der Waals surface area contributed by atoms with Crippen molar-refractivity contribution in [2.24, 2.45) is 22.2 Å². The van der Waals surface area contributed by atoms with Crippen molar-refractivity contribution < 1.29 is 9.13 Å². The SMILES string of the molecule is CO/C=C(\N)c1cc(C/N=C\C=C(N)N)nn1Cc1ccccc1F. The van der Waals surface area contributed by atoms with Crippen molar-refractivity contribution in [1.82, 2.24) is 9.78 Å². The lowest BCUT2D eigenvalue weighted by Crippen LogP contribution is -2.10. The van der Waals surface area contributed by atoms with Crippen molar-refractivity contribution in [1.29, 1.82) is 0 Å². The molecule has 0 spiro atoms. The molecular weight excluding hydrogens is 323 g/mol. The molecule has 0 aliphatic rings. The van der Waals surface area contributed by atoms with E-state index in [4.69, 9.17) is 21.9 Å². The van der Waals surface area contributed by atoms with E-state index in [1.165, 1.54) is 31.7 Å². The number of hydrogen-bond acceptors (Lipinski definition) is 6. The van der Waals surface area contributed by atoms with E-state index in [9.17, 15) is 4.39 Å². The molecule has 7 nitrogen and oxygen atoms in total. The number of methoxy groups -OCH3 is 1. The van der Waals surface area contributed by atoms with Gasteiger partial charge in [0.1, 0.15) is 12.1 Å². The maximum absolute atomic E-state index is 13.9. The summed E-state index contributed by atoms with van der Waals surface area (Å²) in [4.78, 5) is 4.16. The second kappa shape index (κ2) is 8.53. The van der Waals surface area contributed by atoms with Crippen molar-refractivity contribution in [3.8, 4) is 0 Å². The van der Waals surface area contributed by atoms with E-state index in [1.54, 1.807) is 28.9 Å². The molecule has 1 aromatic carbocycles. The van der Waals surface area contributed by atoms with Crippen LogP contribution in [0.4, 0.5) is 4.39 Å². The Bertz CT molecular complexity index is 805. The summed E-state index contributed by atoms with van der Waals surface area (Å²) in [5.41, 5.74) is 18.8. The Balaban J connectivity index is 2.29. The van der Waals surface area contributed by atoms with Crippen LogP contribution in [0.3, 0.4) is 0 Å². The van der Waals surface area contributed by atoms with Crippen molar-refractivity contribution in [3.63, 3.8) is 0 Å². The van der Waals surface area contributed by atoms with E-state index in [0.717, 1.165) is 0 Å². The largest absolute Gasteiger partial charge is 0.502 e. The summed E-state index contributed by atoms with van der Waals surface area (Å²) in [5, 5.41) is 4.44. The lowest BCUT2D eigenvalue weighted by Gasteiger charge is -2.08. The molecule has 0 bridgehead atoms. The molecule has 0 unspecified atom stereocenters. The van der Waals surface area contributed by atoms with Gasteiger partial charge in [0.05, 0.1) is 43.1 Å². The van der Waals surface area contributed by atoms with Crippen LogP contribution < -0.4 is 17.2 Å². The molecule has 8 heteroatoms. The van der Waals surface area contributed by atoms with E-state index >= 15 is 0 Å². The molecule has 132 valence electrons. The number of aliphatic imine (C=N–C) groups is 1. The average molecular weight is 344 g/mol. The van der Waals surface area contributed by atoms with Gasteiger partial charge >= 0.3 is 0 Å². The van der Waals surface area contributed by atoms with Crippen LogP contribution in [0.5, 0.6) is 0 Å². The number of nitrogens with zero attached hydrogens (tertiary/aromatic N) is 3.